The fraction of sp³-hybridized carbons (Fsp3) is 0.586. The van der Waals surface area contributed by atoms with Crippen LogP contribution in [-0.2, 0) is 28.1 Å². The summed E-state index contributed by atoms with van der Waals surface area (Å²) in [4.78, 5) is 13.2. The van der Waals surface area contributed by atoms with Crippen LogP contribution in [0.15, 0.2) is 24.3 Å². The van der Waals surface area contributed by atoms with Crippen LogP contribution in [0.25, 0.3) is 0 Å². The molecule has 0 saturated heterocycles. The van der Waals surface area contributed by atoms with Gasteiger partial charge in [-0.2, -0.15) is 0 Å². The second kappa shape index (κ2) is 9.71. The predicted molar refractivity (Wildman–Crippen MR) is 139 cm³/mol. The van der Waals surface area contributed by atoms with Crippen LogP contribution in [-0.4, -0.2) is 0 Å². The molecule has 5 heteroatoms. The van der Waals surface area contributed by atoms with E-state index >= 15 is 0 Å². The molecule has 0 N–H and O–H groups in total. The van der Waals surface area contributed by atoms with Crippen molar-refractivity contribution in [2.24, 2.45) is 0 Å². The molecule has 0 bridgehead atoms. The standard InChI is InChI=1S/C29H42O3P.Na/c1-26(2,3)20-14-18-13-19-15-21(27(4,5)6)17-23(29(10,11)12)25(19)32-33(30)31-24(18)22(16-20)28(7,8)9;/h14-17H,13H2,1-12H3;/q-1;+1. The Bertz CT molecular complexity index is 964. The summed E-state index contributed by atoms with van der Waals surface area (Å²) in [6, 6.07) is 8.92. The van der Waals surface area contributed by atoms with E-state index in [0.29, 0.717) is 17.9 Å². The Kier molecular flexibility index (Phi) is 8.47. The van der Waals surface area contributed by atoms with E-state index < -0.39 is 8.60 Å². The number of hydrogen-bond acceptors (Lipinski definition) is 3. The minimum atomic E-state index is -2.36. The van der Waals surface area contributed by atoms with E-state index in [9.17, 15) is 4.89 Å². The van der Waals surface area contributed by atoms with Crippen LogP contribution in [0, 0.1) is 0 Å². The Morgan fingerprint density at radius 3 is 1.18 bits per heavy atom. The zero-order valence-corrected chi connectivity index (χ0v) is 26.6. The van der Waals surface area contributed by atoms with Gasteiger partial charge in [0.15, 0.2) is 0 Å². The van der Waals surface area contributed by atoms with Gasteiger partial charge in [-0.3, -0.25) is 0 Å². The van der Waals surface area contributed by atoms with Crippen LogP contribution in [0.4, 0.5) is 0 Å². The van der Waals surface area contributed by atoms with Crippen LogP contribution in [0.1, 0.15) is 116 Å². The molecule has 1 aliphatic rings. The number of rotatable bonds is 0. The SMILES string of the molecule is CC(C)(C)c1cc2c(c(C(C)(C)C)c1)OP([O-])Oc1c(cc(C(C)(C)C)cc1C(C)(C)C)C2.[Na+]. The molecule has 0 aliphatic carbocycles. The van der Waals surface area contributed by atoms with Crippen molar-refractivity contribution in [3.05, 3.63) is 57.6 Å². The summed E-state index contributed by atoms with van der Waals surface area (Å²) in [6.07, 6.45) is 0.674. The Labute approximate surface area is 231 Å². The van der Waals surface area contributed by atoms with Crippen molar-refractivity contribution >= 4 is 8.60 Å². The zero-order chi connectivity index (χ0) is 25.1. The Morgan fingerprint density at radius 2 is 0.912 bits per heavy atom. The molecular weight excluding hydrogens is 450 g/mol. The molecule has 0 unspecified atom stereocenters. The first-order valence-electron chi connectivity index (χ1n) is 12.0. The van der Waals surface area contributed by atoms with Gasteiger partial charge in [-0.15, -0.1) is 0 Å². The first kappa shape index (κ1) is 29.7. The van der Waals surface area contributed by atoms with Crippen molar-refractivity contribution in [2.75, 3.05) is 0 Å². The molecule has 2 aromatic rings. The molecule has 0 saturated carbocycles. The maximum absolute atomic E-state index is 13.2. The first-order chi connectivity index (χ1) is 14.8. The van der Waals surface area contributed by atoms with E-state index in [2.05, 4.69) is 107 Å². The van der Waals surface area contributed by atoms with Crippen molar-refractivity contribution in [3.63, 3.8) is 0 Å². The van der Waals surface area contributed by atoms with Gasteiger partial charge in [0.1, 0.15) is 11.5 Å². The number of benzene rings is 2. The maximum Gasteiger partial charge on any atom is 1.00 e. The average molecular weight is 493 g/mol. The molecule has 34 heavy (non-hydrogen) atoms. The summed E-state index contributed by atoms with van der Waals surface area (Å²) < 4.78 is 12.1. The zero-order valence-electron chi connectivity index (χ0n) is 23.7. The summed E-state index contributed by atoms with van der Waals surface area (Å²) in [5.74, 6) is 1.42. The van der Waals surface area contributed by atoms with Crippen LogP contribution in [0.3, 0.4) is 0 Å². The Morgan fingerprint density at radius 1 is 0.588 bits per heavy atom. The maximum atomic E-state index is 13.2. The molecule has 0 aromatic heterocycles. The Balaban J connectivity index is 0.00000408. The summed E-state index contributed by atoms with van der Waals surface area (Å²) >= 11 is 0. The van der Waals surface area contributed by atoms with Crippen LogP contribution in [0.2, 0.25) is 0 Å². The van der Waals surface area contributed by atoms with Gasteiger partial charge in [0.2, 0.25) is 8.60 Å². The van der Waals surface area contributed by atoms with E-state index in [1.165, 1.54) is 11.1 Å². The summed E-state index contributed by atoms with van der Waals surface area (Å²) in [7, 11) is -2.36. The van der Waals surface area contributed by atoms with Crippen LogP contribution < -0.4 is 43.5 Å². The smallest absolute Gasteiger partial charge is 0.765 e. The first-order valence-corrected chi connectivity index (χ1v) is 13.1. The van der Waals surface area contributed by atoms with Crippen LogP contribution >= 0.6 is 8.60 Å². The molecule has 0 atom stereocenters. The van der Waals surface area contributed by atoms with Crippen molar-refractivity contribution in [1.29, 1.82) is 0 Å². The van der Waals surface area contributed by atoms with Gasteiger partial charge >= 0.3 is 29.6 Å². The molecule has 2 aromatic carbocycles. The predicted octanol–water partition coefficient (Wildman–Crippen LogP) is 4.83. The number of fused-ring (bicyclic) bond motifs is 2. The molecular formula is C29H42NaO3P. The van der Waals surface area contributed by atoms with E-state index in [-0.39, 0.29) is 51.2 Å². The topological polar surface area (TPSA) is 41.5 Å². The van der Waals surface area contributed by atoms with Crippen LogP contribution in [0.5, 0.6) is 11.5 Å². The van der Waals surface area contributed by atoms with E-state index in [1.54, 1.807) is 0 Å². The molecule has 3 rings (SSSR count). The van der Waals surface area contributed by atoms with Gasteiger partial charge in [0, 0.05) is 17.5 Å². The third-order valence-corrected chi connectivity index (χ3v) is 7.06. The average Bonchev–Trinajstić information content (AvgIpc) is 2.58. The normalized spacial score (nSPS) is 15.2. The minimum absolute atomic E-state index is 0. The van der Waals surface area contributed by atoms with Crippen molar-refractivity contribution in [1.82, 2.24) is 0 Å². The van der Waals surface area contributed by atoms with Crippen molar-refractivity contribution < 1.29 is 43.5 Å². The second-order valence-corrected chi connectivity index (χ2v) is 14.4. The quantitative estimate of drug-likeness (QED) is 0.391. The Hall–Kier alpha value is -0.570. The van der Waals surface area contributed by atoms with Gasteiger partial charge in [-0.25, -0.2) is 0 Å². The molecule has 1 heterocycles. The summed E-state index contributed by atoms with van der Waals surface area (Å²) in [6.45, 7) is 26.5. The fourth-order valence-corrected chi connectivity index (χ4v) is 4.98. The van der Waals surface area contributed by atoms with Gasteiger partial charge in [0.05, 0.1) is 0 Å². The molecule has 0 amide bonds. The summed E-state index contributed by atoms with van der Waals surface area (Å²) in [5.41, 5.74) is 6.47. The minimum Gasteiger partial charge on any atom is -0.765 e. The molecule has 182 valence electrons. The molecule has 3 nitrogen and oxygen atoms in total. The van der Waals surface area contributed by atoms with E-state index in [1.807, 2.05) is 0 Å². The monoisotopic (exact) mass is 492 g/mol. The molecule has 1 aliphatic heterocycles. The van der Waals surface area contributed by atoms with E-state index in [0.717, 1.165) is 22.3 Å². The fourth-order valence-electron chi connectivity index (χ4n) is 4.21. The molecule has 0 fully saturated rings. The molecule has 0 spiro atoms. The largest absolute Gasteiger partial charge is 1.00 e. The van der Waals surface area contributed by atoms with E-state index in [4.69, 9.17) is 9.05 Å². The summed E-state index contributed by atoms with van der Waals surface area (Å²) in [5, 5.41) is 0. The molecule has 0 radical (unpaired) electrons. The van der Waals surface area contributed by atoms with Gasteiger partial charge in [-0.1, -0.05) is 107 Å². The van der Waals surface area contributed by atoms with Gasteiger partial charge in [-0.05, 0) is 43.9 Å². The van der Waals surface area contributed by atoms with Crippen molar-refractivity contribution in [3.8, 4) is 11.5 Å². The second-order valence-electron chi connectivity index (χ2n) is 13.6. The van der Waals surface area contributed by atoms with Crippen molar-refractivity contribution in [2.45, 2.75) is 111 Å². The van der Waals surface area contributed by atoms with Gasteiger partial charge in [0.25, 0.3) is 0 Å². The third kappa shape index (κ3) is 6.40. The number of hydrogen-bond donors (Lipinski definition) is 0. The van der Waals surface area contributed by atoms with Gasteiger partial charge < -0.3 is 13.9 Å². The third-order valence-electron chi connectivity index (χ3n) is 6.39.